The molecule has 2 atom stereocenters. The van der Waals surface area contributed by atoms with Gasteiger partial charge in [0.1, 0.15) is 6.10 Å². The number of hydrogen-bond acceptors (Lipinski definition) is 4. The van der Waals surface area contributed by atoms with Crippen LogP contribution in [0.4, 0.5) is 5.69 Å². The molecule has 2 fully saturated rings. The fourth-order valence-electron chi connectivity index (χ4n) is 3.57. The number of nitrogens with two attached hydrogens (primary N) is 1. The van der Waals surface area contributed by atoms with Crippen LogP contribution >= 0.6 is 12.4 Å². The molecule has 26 heavy (non-hydrogen) atoms. The SMILES string of the molecule is Cl.NC[C@H]1CC[C@@H](C(=O)NCc2cccc(NC(=O)C3CCCC3)c2)O1. The summed E-state index contributed by atoms with van der Waals surface area (Å²) in [5.41, 5.74) is 7.30. The fraction of sp³-hybridized carbons (Fsp3) is 0.579. The van der Waals surface area contributed by atoms with E-state index in [1.54, 1.807) is 0 Å². The minimum atomic E-state index is -0.404. The van der Waals surface area contributed by atoms with Gasteiger partial charge in [0.25, 0.3) is 0 Å². The average molecular weight is 382 g/mol. The lowest BCUT2D eigenvalue weighted by molar-refractivity contribution is -0.132. The summed E-state index contributed by atoms with van der Waals surface area (Å²) >= 11 is 0. The molecule has 0 bridgehead atoms. The van der Waals surface area contributed by atoms with Gasteiger partial charge in [-0.1, -0.05) is 25.0 Å². The van der Waals surface area contributed by atoms with Crippen molar-refractivity contribution in [3.05, 3.63) is 29.8 Å². The molecular weight excluding hydrogens is 354 g/mol. The van der Waals surface area contributed by atoms with Crippen LogP contribution in [0.25, 0.3) is 0 Å². The molecule has 0 aromatic heterocycles. The molecule has 3 rings (SSSR count). The lowest BCUT2D eigenvalue weighted by atomic mass is 10.1. The minimum absolute atomic E-state index is 0. The summed E-state index contributed by atoms with van der Waals surface area (Å²) in [6, 6.07) is 7.61. The highest BCUT2D eigenvalue weighted by Crippen LogP contribution is 2.26. The maximum absolute atomic E-state index is 12.2. The zero-order chi connectivity index (χ0) is 17.6. The summed E-state index contributed by atoms with van der Waals surface area (Å²) in [6.45, 7) is 0.867. The van der Waals surface area contributed by atoms with Gasteiger partial charge in [-0.3, -0.25) is 9.59 Å². The van der Waals surface area contributed by atoms with Gasteiger partial charge in [0.05, 0.1) is 6.10 Å². The van der Waals surface area contributed by atoms with E-state index in [1.165, 1.54) is 0 Å². The Labute approximate surface area is 160 Å². The Morgan fingerprint density at radius 1 is 1.12 bits per heavy atom. The van der Waals surface area contributed by atoms with Crippen molar-refractivity contribution in [3.8, 4) is 0 Å². The van der Waals surface area contributed by atoms with Gasteiger partial charge in [0, 0.05) is 24.7 Å². The summed E-state index contributed by atoms with van der Waals surface area (Å²) in [4.78, 5) is 24.4. The third kappa shape index (κ3) is 5.43. The predicted molar refractivity (Wildman–Crippen MR) is 103 cm³/mol. The highest BCUT2D eigenvalue weighted by molar-refractivity contribution is 5.92. The zero-order valence-electron chi connectivity index (χ0n) is 14.9. The fourth-order valence-corrected chi connectivity index (χ4v) is 3.57. The van der Waals surface area contributed by atoms with Crippen LogP contribution in [0.3, 0.4) is 0 Å². The van der Waals surface area contributed by atoms with Crippen LogP contribution in [0.1, 0.15) is 44.1 Å². The normalized spacial score (nSPS) is 22.7. The van der Waals surface area contributed by atoms with E-state index in [9.17, 15) is 9.59 Å². The number of hydrogen-bond donors (Lipinski definition) is 3. The first kappa shape index (κ1) is 20.7. The van der Waals surface area contributed by atoms with Crippen LogP contribution in [-0.4, -0.2) is 30.6 Å². The summed E-state index contributed by atoms with van der Waals surface area (Å²) < 4.78 is 5.60. The average Bonchev–Trinajstić information content (AvgIpc) is 3.31. The van der Waals surface area contributed by atoms with Gasteiger partial charge in [-0.2, -0.15) is 0 Å². The van der Waals surface area contributed by atoms with Gasteiger partial charge < -0.3 is 21.1 Å². The number of carbonyl (C=O) groups is 2. The third-order valence-corrected chi connectivity index (χ3v) is 5.05. The molecule has 1 heterocycles. The van der Waals surface area contributed by atoms with E-state index in [2.05, 4.69) is 10.6 Å². The van der Waals surface area contributed by atoms with Gasteiger partial charge in [-0.25, -0.2) is 0 Å². The van der Waals surface area contributed by atoms with Gasteiger partial charge in [0.2, 0.25) is 11.8 Å². The van der Waals surface area contributed by atoms with Crippen molar-refractivity contribution >= 4 is 29.9 Å². The maximum Gasteiger partial charge on any atom is 0.249 e. The standard InChI is InChI=1S/C19H27N3O3.ClH/c20-11-16-8-9-17(25-16)19(24)21-12-13-4-3-7-15(10-13)22-18(23)14-5-1-2-6-14;/h3-4,7,10,14,16-17H,1-2,5-6,8-9,11-12,20H2,(H,21,24)(H,22,23);1H/t16-,17+;/m1./s1. The summed E-state index contributed by atoms with van der Waals surface area (Å²) in [6.07, 6.45) is 5.36. The number of halogens is 1. The van der Waals surface area contributed by atoms with Gasteiger partial charge in [0.15, 0.2) is 0 Å². The number of nitrogens with one attached hydrogen (secondary N) is 2. The summed E-state index contributed by atoms with van der Waals surface area (Å²) in [7, 11) is 0. The van der Waals surface area contributed by atoms with Crippen molar-refractivity contribution in [3.63, 3.8) is 0 Å². The Hall–Kier alpha value is -1.63. The second-order valence-corrected chi connectivity index (χ2v) is 6.95. The molecule has 7 heteroatoms. The molecule has 0 spiro atoms. The van der Waals surface area contributed by atoms with Gasteiger partial charge >= 0.3 is 0 Å². The largest absolute Gasteiger partial charge is 0.364 e. The number of rotatable bonds is 6. The second-order valence-electron chi connectivity index (χ2n) is 6.95. The van der Waals surface area contributed by atoms with Crippen LogP contribution < -0.4 is 16.4 Å². The van der Waals surface area contributed by atoms with E-state index in [0.717, 1.165) is 43.4 Å². The molecule has 1 saturated heterocycles. The van der Waals surface area contributed by atoms with E-state index in [-0.39, 0.29) is 36.2 Å². The van der Waals surface area contributed by atoms with Crippen molar-refractivity contribution in [2.24, 2.45) is 11.7 Å². The zero-order valence-corrected chi connectivity index (χ0v) is 15.7. The Bertz CT molecular complexity index is 620. The van der Waals surface area contributed by atoms with E-state index in [0.29, 0.717) is 19.5 Å². The molecular formula is C19H28ClN3O3. The van der Waals surface area contributed by atoms with Crippen molar-refractivity contribution in [2.75, 3.05) is 11.9 Å². The van der Waals surface area contributed by atoms with Crippen LogP contribution in [0.5, 0.6) is 0 Å². The number of anilines is 1. The molecule has 144 valence electrons. The number of carbonyl (C=O) groups excluding carboxylic acids is 2. The molecule has 1 aliphatic heterocycles. The molecule has 1 aliphatic carbocycles. The van der Waals surface area contributed by atoms with Gasteiger partial charge in [-0.05, 0) is 43.4 Å². The van der Waals surface area contributed by atoms with Crippen LogP contribution in [0.2, 0.25) is 0 Å². The topological polar surface area (TPSA) is 93.5 Å². The van der Waals surface area contributed by atoms with E-state index >= 15 is 0 Å². The molecule has 1 saturated carbocycles. The molecule has 2 amide bonds. The number of amides is 2. The highest BCUT2D eigenvalue weighted by Gasteiger charge is 2.29. The molecule has 4 N–H and O–H groups in total. The van der Waals surface area contributed by atoms with E-state index in [1.807, 2.05) is 24.3 Å². The summed E-state index contributed by atoms with van der Waals surface area (Å²) in [5.74, 6) is 0.139. The Morgan fingerprint density at radius 3 is 2.58 bits per heavy atom. The van der Waals surface area contributed by atoms with Crippen molar-refractivity contribution in [1.82, 2.24) is 5.32 Å². The van der Waals surface area contributed by atoms with Crippen molar-refractivity contribution < 1.29 is 14.3 Å². The first-order valence-electron chi connectivity index (χ1n) is 9.18. The molecule has 0 unspecified atom stereocenters. The maximum atomic E-state index is 12.2. The van der Waals surface area contributed by atoms with E-state index < -0.39 is 6.10 Å². The van der Waals surface area contributed by atoms with Crippen LogP contribution in [-0.2, 0) is 20.9 Å². The molecule has 0 radical (unpaired) electrons. The van der Waals surface area contributed by atoms with Crippen molar-refractivity contribution in [2.45, 2.75) is 57.3 Å². The Kier molecular flexibility index (Phi) is 7.87. The first-order chi connectivity index (χ1) is 12.2. The Balaban J connectivity index is 0.00000243. The smallest absolute Gasteiger partial charge is 0.249 e. The highest BCUT2D eigenvalue weighted by atomic mass is 35.5. The molecule has 1 aromatic rings. The van der Waals surface area contributed by atoms with Crippen LogP contribution in [0.15, 0.2) is 24.3 Å². The lowest BCUT2D eigenvalue weighted by Crippen LogP contribution is -2.35. The quantitative estimate of drug-likeness (QED) is 0.705. The molecule has 6 nitrogen and oxygen atoms in total. The number of benzene rings is 1. The lowest BCUT2D eigenvalue weighted by Gasteiger charge is -2.14. The minimum Gasteiger partial charge on any atom is -0.364 e. The third-order valence-electron chi connectivity index (χ3n) is 5.05. The van der Waals surface area contributed by atoms with Crippen LogP contribution in [0, 0.1) is 5.92 Å². The number of ether oxygens (including phenoxy) is 1. The molecule has 2 aliphatic rings. The molecule has 1 aromatic carbocycles. The first-order valence-corrected chi connectivity index (χ1v) is 9.18. The van der Waals surface area contributed by atoms with E-state index in [4.69, 9.17) is 10.5 Å². The van der Waals surface area contributed by atoms with Gasteiger partial charge in [-0.15, -0.1) is 12.4 Å². The monoisotopic (exact) mass is 381 g/mol. The predicted octanol–water partition coefficient (Wildman–Crippen LogP) is 2.36. The Morgan fingerprint density at radius 2 is 1.88 bits per heavy atom. The second kappa shape index (κ2) is 9.90. The van der Waals surface area contributed by atoms with Crippen molar-refractivity contribution in [1.29, 1.82) is 0 Å². The summed E-state index contributed by atoms with van der Waals surface area (Å²) in [5, 5.41) is 5.89.